The second kappa shape index (κ2) is 7.04. The fourth-order valence-corrected chi connectivity index (χ4v) is 2.44. The summed E-state index contributed by atoms with van der Waals surface area (Å²) in [6.45, 7) is 0.403. The van der Waals surface area contributed by atoms with Crippen molar-refractivity contribution < 1.29 is 9.18 Å². The molecule has 0 atom stereocenters. The SMILES string of the molecule is O=C(CCc1cc2ccc(F)cc2[nH]c1=O)NCc1cccnc1. The highest BCUT2D eigenvalue weighted by Crippen LogP contribution is 2.13. The first kappa shape index (κ1) is 15.9. The van der Waals surface area contributed by atoms with E-state index in [0.29, 0.717) is 24.0 Å². The van der Waals surface area contributed by atoms with Gasteiger partial charge >= 0.3 is 0 Å². The van der Waals surface area contributed by atoms with Crippen LogP contribution in [0.4, 0.5) is 4.39 Å². The van der Waals surface area contributed by atoms with Crippen molar-refractivity contribution >= 4 is 16.8 Å². The van der Waals surface area contributed by atoms with Gasteiger partial charge < -0.3 is 10.3 Å². The first-order valence-corrected chi connectivity index (χ1v) is 7.59. The van der Waals surface area contributed by atoms with Crippen molar-refractivity contribution in [2.75, 3.05) is 0 Å². The van der Waals surface area contributed by atoms with Crippen LogP contribution in [0.15, 0.2) is 53.6 Å². The molecule has 0 aliphatic carbocycles. The Morgan fingerprint density at radius 3 is 2.92 bits per heavy atom. The Morgan fingerprint density at radius 1 is 1.25 bits per heavy atom. The summed E-state index contributed by atoms with van der Waals surface area (Å²) in [6.07, 6.45) is 3.88. The van der Waals surface area contributed by atoms with Crippen molar-refractivity contribution in [3.8, 4) is 0 Å². The van der Waals surface area contributed by atoms with E-state index in [-0.39, 0.29) is 17.9 Å². The molecule has 0 saturated carbocycles. The Balaban J connectivity index is 1.62. The van der Waals surface area contributed by atoms with Gasteiger partial charge in [-0.05, 0) is 47.7 Å². The molecule has 0 bridgehead atoms. The number of halogens is 1. The van der Waals surface area contributed by atoms with Gasteiger partial charge in [-0.15, -0.1) is 0 Å². The number of rotatable bonds is 5. The molecule has 122 valence electrons. The molecule has 2 aromatic heterocycles. The summed E-state index contributed by atoms with van der Waals surface area (Å²) in [5, 5.41) is 3.53. The van der Waals surface area contributed by atoms with Crippen LogP contribution in [0.1, 0.15) is 17.5 Å². The zero-order valence-corrected chi connectivity index (χ0v) is 12.9. The summed E-state index contributed by atoms with van der Waals surface area (Å²) in [4.78, 5) is 30.6. The number of nitrogens with one attached hydrogen (secondary N) is 2. The second-order valence-electron chi connectivity index (χ2n) is 5.49. The molecule has 0 fully saturated rings. The van der Waals surface area contributed by atoms with Crippen LogP contribution in [-0.4, -0.2) is 15.9 Å². The molecule has 0 aliphatic heterocycles. The van der Waals surface area contributed by atoms with E-state index >= 15 is 0 Å². The molecule has 0 radical (unpaired) electrons. The number of carbonyl (C=O) groups excluding carboxylic acids is 1. The van der Waals surface area contributed by atoms with Crippen LogP contribution >= 0.6 is 0 Å². The van der Waals surface area contributed by atoms with Gasteiger partial charge in [0.05, 0.1) is 5.52 Å². The smallest absolute Gasteiger partial charge is 0.251 e. The number of aryl methyl sites for hydroxylation is 1. The van der Waals surface area contributed by atoms with Crippen molar-refractivity contribution in [2.24, 2.45) is 0 Å². The Bertz CT molecular complexity index is 922. The zero-order valence-electron chi connectivity index (χ0n) is 12.9. The van der Waals surface area contributed by atoms with Gasteiger partial charge in [-0.1, -0.05) is 6.07 Å². The number of amides is 1. The number of carbonyl (C=O) groups is 1. The van der Waals surface area contributed by atoms with E-state index in [1.165, 1.54) is 12.1 Å². The Morgan fingerprint density at radius 2 is 2.12 bits per heavy atom. The lowest BCUT2D eigenvalue weighted by atomic mass is 10.1. The van der Waals surface area contributed by atoms with E-state index in [1.807, 2.05) is 6.07 Å². The quantitative estimate of drug-likeness (QED) is 0.756. The maximum Gasteiger partial charge on any atom is 0.251 e. The monoisotopic (exact) mass is 325 g/mol. The summed E-state index contributed by atoms with van der Waals surface area (Å²) in [5.74, 6) is -0.543. The minimum Gasteiger partial charge on any atom is -0.352 e. The summed E-state index contributed by atoms with van der Waals surface area (Å²) in [7, 11) is 0. The van der Waals surface area contributed by atoms with Crippen molar-refractivity contribution in [3.63, 3.8) is 0 Å². The van der Waals surface area contributed by atoms with Gasteiger partial charge in [-0.25, -0.2) is 4.39 Å². The standard InChI is InChI=1S/C18H16FN3O2/c19-15-5-3-13-8-14(18(24)22-16(13)9-15)4-6-17(23)21-11-12-2-1-7-20-10-12/h1-3,5,7-10H,4,6,11H2,(H,21,23)(H,22,24). The number of hydrogen-bond acceptors (Lipinski definition) is 3. The number of nitrogens with zero attached hydrogens (tertiary/aromatic N) is 1. The summed E-state index contributed by atoms with van der Waals surface area (Å²) in [5.41, 5.74) is 1.57. The molecule has 3 rings (SSSR count). The third-order valence-electron chi connectivity index (χ3n) is 3.72. The van der Waals surface area contributed by atoms with Crippen LogP contribution in [0.3, 0.4) is 0 Å². The highest BCUT2D eigenvalue weighted by atomic mass is 19.1. The van der Waals surface area contributed by atoms with Crippen molar-refractivity contribution in [3.05, 3.63) is 76.1 Å². The second-order valence-corrected chi connectivity index (χ2v) is 5.49. The molecule has 0 saturated heterocycles. The topological polar surface area (TPSA) is 74.8 Å². The lowest BCUT2D eigenvalue weighted by Crippen LogP contribution is -2.24. The zero-order chi connectivity index (χ0) is 16.9. The first-order chi connectivity index (χ1) is 11.6. The summed E-state index contributed by atoms with van der Waals surface area (Å²) in [6, 6.07) is 9.60. The molecule has 2 heterocycles. The van der Waals surface area contributed by atoms with Gasteiger partial charge in [0.15, 0.2) is 0 Å². The molecule has 3 aromatic rings. The molecule has 0 unspecified atom stereocenters. The molecular formula is C18H16FN3O2. The highest BCUT2D eigenvalue weighted by molar-refractivity contribution is 5.79. The van der Waals surface area contributed by atoms with Crippen molar-refractivity contribution in [1.82, 2.24) is 15.3 Å². The van der Waals surface area contributed by atoms with Crippen molar-refractivity contribution in [1.29, 1.82) is 0 Å². The first-order valence-electron chi connectivity index (χ1n) is 7.59. The van der Waals surface area contributed by atoms with E-state index in [1.54, 1.807) is 30.6 Å². The molecule has 6 heteroatoms. The largest absolute Gasteiger partial charge is 0.352 e. The Labute approximate surface area is 137 Å². The maximum atomic E-state index is 13.2. The van der Waals surface area contributed by atoms with Gasteiger partial charge in [0, 0.05) is 30.9 Å². The molecule has 0 aliphatic rings. The Hall–Kier alpha value is -3.02. The molecule has 1 amide bonds. The van der Waals surface area contributed by atoms with E-state index in [0.717, 1.165) is 10.9 Å². The number of H-pyrrole nitrogens is 1. The molecular weight excluding hydrogens is 309 g/mol. The third kappa shape index (κ3) is 3.84. The van der Waals surface area contributed by atoms with Gasteiger partial charge in [-0.3, -0.25) is 14.6 Å². The van der Waals surface area contributed by atoms with Crippen LogP contribution in [0.2, 0.25) is 0 Å². The van der Waals surface area contributed by atoms with Crippen LogP contribution in [0, 0.1) is 5.82 Å². The minimum absolute atomic E-state index is 0.141. The van der Waals surface area contributed by atoms with Gasteiger partial charge in [0.25, 0.3) is 5.56 Å². The summed E-state index contributed by atoms with van der Waals surface area (Å²) < 4.78 is 13.2. The van der Waals surface area contributed by atoms with E-state index in [9.17, 15) is 14.0 Å². The Kier molecular flexibility index (Phi) is 4.65. The average molecular weight is 325 g/mol. The number of fused-ring (bicyclic) bond motifs is 1. The molecule has 1 aromatic carbocycles. The lowest BCUT2D eigenvalue weighted by molar-refractivity contribution is -0.121. The molecule has 24 heavy (non-hydrogen) atoms. The number of pyridine rings is 2. The van der Waals surface area contributed by atoms with Crippen LogP contribution in [0.25, 0.3) is 10.9 Å². The van der Waals surface area contributed by atoms with E-state index in [4.69, 9.17) is 0 Å². The fraction of sp³-hybridized carbons (Fsp3) is 0.167. The van der Waals surface area contributed by atoms with Crippen LogP contribution in [0.5, 0.6) is 0 Å². The van der Waals surface area contributed by atoms with Gasteiger partial charge in [0.1, 0.15) is 5.82 Å². The van der Waals surface area contributed by atoms with Crippen LogP contribution < -0.4 is 10.9 Å². The number of aromatic amines is 1. The summed E-state index contributed by atoms with van der Waals surface area (Å²) >= 11 is 0. The average Bonchev–Trinajstić information content (AvgIpc) is 2.59. The number of hydrogen-bond donors (Lipinski definition) is 2. The molecule has 0 spiro atoms. The maximum absolute atomic E-state index is 13.2. The van der Waals surface area contributed by atoms with Crippen molar-refractivity contribution in [2.45, 2.75) is 19.4 Å². The number of aromatic nitrogens is 2. The molecule has 5 nitrogen and oxygen atoms in total. The lowest BCUT2D eigenvalue weighted by Gasteiger charge is -2.06. The highest BCUT2D eigenvalue weighted by Gasteiger charge is 2.07. The number of benzene rings is 1. The van der Waals surface area contributed by atoms with Gasteiger partial charge in [0.2, 0.25) is 5.91 Å². The fourth-order valence-electron chi connectivity index (χ4n) is 2.44. The third-order valence-corrected chi connectivity index (χ3v) is 3.72. The molecule has 2 N–H and O–H groups in total. The van der Waals surface area contributed by atoms with E-state index in [2.05, 4.69) is 15.3 Å². The predicted octanol–water partition coefficient (Wildman–Crippen LogP) is 2.31. The van der Waals surface area contributed by atoms with E-state index < -0.39 is 5.82 Å². The van der Waals surface area contributed by atoms with Gasteiger partial charge in [-0.2, -0.15) is 0 Å². The van der Waals surface area contributed by atoms with Crippen LogP contribution in [-0.2, 0) is 17.8 Å². The predicted molar refractivity (Wildman–Crippen MR) is 88.9 cm³/mol. The minimum atomic E-state index is -0.402. The normalized spacial score (nSPS) is 10.7.